The van der Waals surface area contributed by atoms with Gasteiger partial charge >= 0.3 is 0 Å². The van der Waals surface area contributed by atoms with Gasteiger partial charge < -0.3 is 10.1 Å². The van der Waals surface area contributed by atoms with E-state index in [1.807, 2.05) is 43.3 Å². The molecule has 0 aliphatic heterocycles. The molecule has 0 aliphatic carbocycles. The van der Waals surface area contributed by atoms with Crippen LogP contribution >= 0.6 is 27.7 Å². The van der Waals surface area contributed by atoms with Crippen LogP contribution in [0, 0.1) is 6.92 Å². The van der Waals surface area contributed by atoms with Crippen molar-refractivity contribution in [3.05, 3.63) is 87.9 Å². The van der Waals surface area contributed by atoms with Crippen LogP contribution in [-0.4, -0.2) is 12.5 Å². The van der Waals surface area contributed by atoms with Crippen molar-refractivity contribution < 1.29 is 9.53 Å². The summed E-state index contributed by atoms with van der Waals surface area (Å²) in [6.07, 6.45) is 0. The van der Waals surface area contributed by atoms with E-state index in [2.05, 4.69) is 52.4 Å². The second kappa shape index (κ2) is 9.80. The van der Waals surface area contributed by atoms with Gasteiger partial charge in [0.05, 0.1) is 6.61 Å². The molecule has 0 spiro atoms. The molecule has 0 saturated carbocycles. The first kappa shape index (κ1) is 20.5. The van der Waals surface area contributed by atoms with Crippen LogP contribution in [0.4, 0.5) is 5.69 Å². The predicted molar refractivity (Wildman–Crippen MR) is 120 cm³/mol. The van der Waals surface area contributed by atoms with Crippen LogP contribution in [-0.2, 0) is 5.75 Å². The van der Waals surface area contributed by atoms with Crippen LogP contribution < -0.4 is 10.1 Å². The number of hydrogen-bond acceptors (Lipinski definition) is 3. The molecule has 3 nitrogen and oxygen atoms in total. The van der Waals surface area contributed by atoms with Crippen LogP contribution in [0.5, 0.6) is 5.75 Å². The SMILES string of the molecule is CCOc1ccc(C(=O)Nc2ccc(Br)cc2)cc1CSc1ccc(C)cc1. The highest BCUT2D eigenvalue weighted by atomic mass is 79.9. The van der Waals surface area contributed by atoms with E-state index in [9.17, 15) is 4.79 Å². The fourth-order valence-corrected chi connectivity index (χ4v) is 3.80. The highest BCUT2D eigenvalue weighted by Crippen LogP contribution is 2.29. The largest absolute Gasteiger partial charge is 0.494 e. The number of carbonyl (C=O) groups excluding carboxylic acids is 1. The molecule has 0 aliphatic rings. The lowest BCUT2D eigenvalue weighted by molar-refractivity contribution is 0.102. The van der Waals surface area contributed by atoms with E-state index >= 15 is 0 Å². The second-order valence-electron chi connectivity index (χ2n) is 6.32. The van der Waals surface area contributed by atoms with Crippen molar-refractivity contribution in [3.8, 4) is 5.75 Å². The molecular weight excluding hydrogens is 434 g/mol. The highest BCUT2D eigenvalue weighted by Gasteiger charge is 2.12. The maximum Gasteiger partial charge on any atom is 0.255 e. The van der Waals surface area contributed by atoms with Gasteiger partial charge in [-0.3, -0.25) is 4.79 Å². The van der Waals surface area contributed by atoms with Crippen LogP contribution in [0.3, 0.4) is 0 Å². The Bertz CT molecular complexity index is 940. The summed E-state index contributed by atoms with van der Waals surface area (Å²) in [6, 6.07) is 21.6. The number of hydrogen-bond donors (Lipinski definition) is 1. The third kappa shape index (κ3) is 5.63. The Morgan fingerprint density at radius 2 is 1.75 bits per heavy atom. The molecule has 0 aromatic heterocycles. The quantitative estimate of drug-likeness (QED) is 0.402. The molecule has 1 N–H and O–H groups in total. The van der Waals surface area contributed by atoms with Crippen molar-refractivity contribution in [2.75, 3.05) is 11.9 Å². The lowest BCUT2D eigenvalue weighted by Gasteiger charge is -2.13. The summed E-state index contributed by atoms with van der Waals surface area (Å²) >= 11 is 5.13. The smallest absolute Gasteiger partial charge is 0.255 e. The number of amides is 1. The molecule has 0 unspecified atom stereocenters. The summed E-state index contributed by atoms with van der Waals surface area (Å²) in [5, 5.41) is 2.94. The monoisotopic (exact) mass is 455 g/mol. The van der Waals surface area contributed by atoms with Gasteiger partial charge in [0.1, 0.15) is 5.75 Å². The summed E-state index contributed by atoms with van der Waals surface area (Å²) in [5.74, 6) is 1.42. The molecular formula is C23H22BrNO2S. The number of ether oxygens (including phenoxy) is 1. The van der Waals surface area contributed by atoms with Gasteiger partial charge in [-0.2, -0.15) is 0 Å². The Morgan fingerprint density at radius 1 is 1.04 bits per heavy atom. The zero-order valence-electron chi connectivity index (χ0n) is 15.9. The minimum atomic E-state index is -0.132. The number of anilines is 1. The number of carbonyl (C=O) groups is 1. The summed E-state index contributed by atoms with van der Waals surface area (Å²) in [4.78, 5) is 13.9. The topological polar surface area (TPSA) is 38.3 Å². The molecule has 0 saturated heterocycles. The fourth-order valence-electron chi connectivity index (χ4n) is 2.66. The summed E-state index contributed by atoms with van der Waals surface area (Å²) < 4.78 is 6.73. The average molecular weight is 456 g/mol. The number of rotatable bonds is 7. The molecule has 1 amide bonds. The molecule has 0 atom stereocenters. The van der Waals surface area contributed by atoms with E-state index in [1.54, 1.807) is 17.8 Å². The Hall–Kier alpha value is -2.24. The molecule has 5 heteroatoms. The first-order valence-electron chi connectivity index (χ1n) is 9.07. The molecule has 144 valence electrons. The molecule has 3 rings (SSSR count). The van der Waals surface area contributed by atoms with Crippen molar-refractivity contribution in [1.82, 2.24) is 0 Å². The van der Waals surface area contributed by atoms with E-state index in [0.717, 1.165) is 27.2 Å². The molecule has 0 heterocycles. The lowest BCUT2D eigenvalue weighted by Crippen LogP contribution is -2.12. The van der Waals surface area contributed by atoms with Crippen molar-refractivity contribution in [2.45, 2.75) is 24.5 Å². The minimum Gasteiger partial charge on any atom is -0.494 e. The summed E-state index contributed by atoms with van der Waals surface area (Å²) in [7, 11) is 0. The first-order chi connectivity index (χ1) is 13.5. The van der Waals surface area contributed by atoms with E-state index in [1.165, 1.54) is 10.5 Å². The average Bonchev–Trinajstić information content (AvgIpc) is 2.70. The van der Waals surface area contributed by atoms with E-state index in [-0.39, 0.29) is 5.91 Å². The van der Waals surface area contributed by atoms with Gasteiger partial charge in [-0.25, -0.2) is 0 Å². The predicted octanol–water partition coefficient (Wildman–Crippen LogP) is 6.70. The maximum atomic E-state index is 12.7. The van der Waals surface area contributed by atoms with Gasteiger partial charge in [0.25, 0.3) is 5.91 Å². The Morgan fingerprint density at radius 3 is 2.43 bits per heavy atom. The number of benzene rings is 3. The maximum absolute atomic E-state index is 12.7. The third-order valence-corrected chi connectivity index (χ3v) is 5.73. The van der Waals surface area contributed by atoms with Crippen molar-refractivity contribution in [1.29, 1.82) is 0 Å². The fraction of sp³-hybridized carbons (Fsp3) is 0.174. The standard InChI is InChI=1S/C23H22BrNO2S/c1-3-27-22-13-6-17(23(26)25-20-9-7-19(24)8-10-20)14-18(22)15-28-21-11-4-16(2)5-12-21/h4-14H,3,15H2,1-2H3,(H,25,26). The summed E-state index contributed by atoms with van der Waals surface area (Å²) in [6.45, 7) is 4.63. The van der Waals surface area contributed by atoms with E-state index in [0.29, 0.717) is 12.2 Å². The molecule has 28 heavy (non-hydrogen) atoms. The molecule has 3 aromatic rings. The Balaban J connectivity index is 1.76. The van der Waals surface area contributed by atoms with Crippen LogP contribution in [0.1, 0.15) is 28.4 Å². The molecule has 0 radical (unpaired) electrons. The summed E-state index contributed by atoms with van der Waals surface area (Å²) in [5.41, 5.74) is 3.63. The van der Waals surface area contributed by atoms with Crippen molar-refractivity contribution >= 4 is 39.3 Å². The second-order valence-corrected chi connectivity index (χ2v) is 8.28. The number of thioether (sulfide) groups is 1. The van der Waals surface area contributed by atoms with Gasteiger partial charge in [-0.1, -0.05) is 33.6 Å². The van der Waals surface area contributed by atoms with Gasteiger partial charge in [0, 0.05) is 31.9 Å². The first-order valence-corrected chi connectivity index (χ1v) is 10.8. The van der Waals surface area contributed by atoms with Gasteiger partial charge in [0.15, 0.2) is 0 Å². The van der Waals surface area contributed by atoms with E-state index in [4.69, 9.17) is 4.74 Å². The zero-order chi connectivity index (χ0) is 19.9. The Labute approximate surface area is 178 Å². The minimum absolute atomic E-state index is 0.132. The third-order valence-electron chi connectivity index (χ3n) is 4.14. The van der Waals surface area contributed by atoms with Gasteiger partial charge in [0.2, 0.25) is 0 Å². The normalized spacial score (nSPS) is 10.5. The highest BCUT2D eigenvalue weighted by molar-refractivity contribution is 9.10. The molecule has 0 bridgehead atoms. The van der Waals surface area contributed by atoms with Gasteiger partial charge in [-0.05, 0) is 68.4 Å². The van der Waals surface area contributed by atoms with Crippen LogP contribution in [0.2, 0.25) is 0 Å². The van der Waals surface area contributed by atoms with Crippen molar-refractivity contribution in [3.63, 3.8) is 0 Å². The molecule has 3 aromatic carbocycles. The van der Waals surface area contributed by atoms with Crippen molar-refractivity contribution in [2.24, 2.45) is 0 Å². The number of nitrogens with one attached hydrogen (secondary N) is 1. The lowest BCUT2D eigenvalue weighted by atomic mass is 10.1. The molecule has 0 fully saturated rings. The van der Waals surface area contributed by atoms with Crippen LogP contribution in [0.15, 0.2) is 76.1 Å². The number of aryl methyl sites for hydroxylation is 1. The van der Waals surface area contributed by atoms with Crippen LogP contribution in [0.25, 0.3) is 0 Å². The number of halogens is 1. The Kier molecular flexibility index (Phi) is 7.18. The van der Waals surface area contributed by atoms with E-state index < -0.39 is 0 Å². The van der Waals surface area contributed by atoms with Gasteiger partial charge in [-0.15, -0.1) is 11.8 Å². The zero-order valence-corrected chi connectivity index (χ0v) is 18.3.